The van der Waals surface area contributed by atoms with E-state index < -0.39 is 0 Å². The number of piperazine rings is 1. The fourth-order valence-electron chi connectivity index (χ4n) is 4.41. The second-order valence-electron chi connectivity index (χ2n) is 8.06. The number of halogens is 1. The van der Waals surface area contributed by atoms with Crippen LogP contribution in [0.3, 0.4) is 0 Å². The van der Waals surface area contributed by atoms with Crippen LogP contribution in [0.25, 0.3) is 0 Å². The number of carbonyl (C=O) groups excluding carboxylic acids is 1. The van der Waals surface area contributed by atoms with Gasteiger partial charge in [-0.3, -0.25) is 14.6 Å². The molecule has 1 spiro atoms. The van der Waals surface area contributed by atoms with E-state index >= 15 is 0 Å². The molecule has 0 saturated carbocycles. The Kier molecular flexibility index (Phi) is 6.50. The van der Waals surface area contributed by atoms with Gasteiger partial charge in [0.2, 0.25) is 5.91 Å². The predicted octanol–water partition coefficient (Wildman–Crippen LogP) is 2.28. The maximum absolute atomic E-state index is 13.6. The highest BCUT2D eigenvalue weighted by atomic mass is 19.1. The van der Waals surface area contributed by atoms with E-state index in [0.717, 1.165) is 51.1 Å². The van der Waals surface area contributed by atoms with E-state index in [2.05, 4.69) is 16.8 Å². The number of hydrogen-bond donors (Lipinski definition) is 0. The summed E-state index contributed by atoms with van der Waals surface area (Å²) in [4.78, 5) is 19.4. The van der Waals surface area contributed by atoms with Crippen molar-refractivity contribution in [2.24, 2.45) is 0 Å². The summed E-state index contributed by atoms with van der Waals surface area (Å²) in [6.45, 7) is 7.63. The number of hydrogen-bond acceptors (Lipinski definition) is 4. The second-order valence-corrected chi connectivity index (χ2v) is 8.06. The number of ether oxygens (including phenoxy) is 1. The van der Waals surface area contributed by atoms with Crippen LogP contribution in [0.15, 0.2) is 18.2 Å². The van der Waals surface area contributed by atoms with Gasteiger partial charge in [-0.1, -0.05) is 12.1 Å². The van der Waals surface area contributed by atoms with Crippen LogP contribution in [0.1, 0.15) is 30.4 Å². The third-order valence-corrected chi connectivity index (χ3v) is 6.28. The summed E-state index contributed by atoms with van der Waals surface area (Å²) < 4.78 is 18.7. The van der Waals surface area contributed by atoms with Crippen molar-refractivity contribution in [2.45, 2.75) is 38.3 Å². The van der Waals surface area contributed by atoms with Crippen LogP contribution >= 0.6 is 0 Å². The average Bonchev–Trinajstić information content (AvgIpc) is 2.80. The fraction of sp³-hybridized carbons (Fsp3) is 0.667. The largest absolute Gasteiger partial charge is 0.383 e. The molecule has 0 N–H and O–H groups in total. The summed E-state index contributed by atoms with van der Waals surface area (Å²) in [7, 11) is 3.86. The molecule has 2 fully saturated rings. The minimum absolute atomic E-state index is 0.0325. The van der Waals surface area contributed by atoms with Crippen LogP contribution in [0, 0.1) is 12.7 Å². The maximum atomic E-state index is 13.6. The number of aryl methyl sites for hydroxylation is 1. The smallest absolute Gasteiger partial charge is 0.222 e. The molecule has 1 aromatic carbocycles. The van der Waals surface area contributed by atoms with Crippen molar-refractivity contribution < 1.29 is 13.9 Å². The predicted molar refractivity (Wildman–Crippen MR) is 104 cm³/mol. The third kappa shape index (κ3) is 4.68. The summed E-state index contributed by atoms with van der Waals surface area (Å²) in [6.07, 6.45) is 2.47. The first-order valence-corrected chi connectivity index (χ1v) is 9.89. The Morgan fingerprint density at radius 1 is 1.22 bits per heavy atom. The first-order chi connectivity index (χ1) is 12.9. The van der Waals surface area contributed by atoms with E-state index in [9.17, 15) is 9.18 Å². The molecule has 5 nitrogen and oxygen atoms in total. The van der Waals surface area contributed by atoms with Gasteiger partial charge in [-0.15, -0.1) is 0 Å². The lowest BCUT2D eigenvalue weighted by atomic mass is 9.86. The normalized spacial score (nSPS) is 25.2. The first-order valence-electron chi connectivity index (χ1n) is 9.89. The van der Waals surface area contributed by atoms with E-state index in [1.807, 2.05) is 24.0 Å². The first kappa shape index (κ1) is 20.2. The molecule has 2 heterocycles. The lowest BCUT2D eigenvalue weighted by molar-refractivity contribution is -0.131. The number of benzene rings is 1. The molecule has 2 aliphatic rings. The van der Waals surface area contributed by atoms with Crippen molar-refractivity contribution in [3.63, 3.8) is 0 Å². The zero-order chi connectivity index (χ0) is 19.4. The van der Waals surface area contributed by atoms with Crippen molar-refractivity contribution in [1.82, 2.24) is 14.7 Å². The molecule has 3 rings (SSSR count). The number of amides is 1. The Balaban J connectivity index is 1.68. The Morgan fingerprint density at radius 2 is 2.04 bits per heavy atom. The standard InChI is InChI=1S/C21H32FN3O2/c1-17-14-18(4-5-19(17)22)15-24-11-10-23(2)21(16-24)7-6-20(26)25(9-8-21)12-13-27-3/h4-5,14H,6-13,15-16H2,1-3H3/t21-/m1/s1. The summed E-state index contributed by atoms with van der Waals surface area (Å²) in [5, 5.41) is 0. The Morgan fingerprint density at radius 3 is 2.78 bits per heavy atom. The maximum Gasteiger partial charge on any atom is 0.222 e. The molecule has 0 radical (unpaired) electrons. The van der Waals surface area contributed by atoms with Gasteiger partial charge in [0.05, 0.1) is 6.61 Å². The zero-order valence-corrected chi connectivity index (χ0v) is 16.8. The molecule has 0 aliphatic carbocycles. The van der Waals surface area contributed by atoms with Gasteiger partial charge in [-0.25, -0.2) is 4.39 Å². The molecular formula is C21H32FN3O2. The molecular weight excluding hydrogens is 345 g/mol. The van der Waals surface area contributed by atoms with Gasteiger partial charge in [0.15, 0.2) is 0 Å². The molecule has 0 bridgehead atoms. The summed E-state index contributed by atoms with van der Waals surface area (Å²) in [5.74, 6) is 0.0932. The molecule has 1 amide bonds. The van der Waals surface area contributed by atoms with E-state index in [1.54, 1.807) is 13.2 Å². The highest BCUT2D eigenvalue weighted by Gasteiger charge is 2.42. The molecule has 2 saturated heterocycles. The Hall–Kier alpha value is -1.50. The van der Waals surface area contributed by atoms with E-state index in [4.69, 9.17) is 4.74 Å². The summed E-state index contributed by atoms with van der Waals surface area (Å²) >= 11 is 0. The lowest BCUT2D eigenvalue weighted by Gasteiger charge is -2.49. The van der Waals surface area contributed by atoms with Crippen LogP contribution in [0.4, 0.5) is 4.39 Å². The number of carbonyl (C=O) groups is 1. The van der Waals surface area contributed by atoms with Gasteiger partial charge < -0.3 is 9.64 Å². The lowest BCUT2D eigenvalue weighted by Crippen LogP contribution is -2.60. The topological polar surface area (TPSA) is 36.0 Å². The zero-order valence-electron chi connectivity index (χ0n) is 16.8. The minimum Gasteiger partial charge on any atom is -0.383 e. The van der Waals surface area contributed by atoms with Crippen LogP contribution < -0.4 is 0 Å². The van der Waals surface area contributed by atoms with Gasteiger partial charge in [-0.05, 0) is 44.0 Å². The van der Waals surface area contributed by atoms with Crippen molar-refractivity contribution in [3.05, 3.63) is 35.1 Å². The Labute approximate surface area is 162 Å². The van der Waals surface area contributed by atoms with E-state index in [0.29, 0.717) is 25.1 Å². The summed E-state index contributed by atoms with van der Waals surface area (Å²) in [5.41, 5.74) is 1.88. The van der Waals surface area contributed by atoms with Crippen molar-refractivity contribution >= 4 is 5.91 Å². The number of nitrogens with zero attached hydrogens (tertiary/aromatic N) is 3. The molecule has 2 aliphatic heterocycles. The molecule has 27 heavy (non-hydrogen) atoms. The van der Waals surface area contributed by atoms with Gasteiger partial charge in [0, 0.05) is 58.3 Å². The molecule has 0 unspecified atom stereocenters. The molecule has 6 heteroatoms. The van der Waals surface area contributed by atoms with Crippen molar-refractivity contribution in [2.75, 3.05) is 53.5 Å². The Bertz CT molecular complexity index is 669. The minimum atomic E-state index is -0.146. The van der Waals surface area contributed by atoms with Crippen LogP contribution in [0.5, 0.6) is 0 Å². The van der Waals surface area contributed by atoms with Gasteiger partial charge >= 0.3 is 0 Å². The monoisotopic (exact) mass is 377 g/mol. The molecule has 1 aromatic rings. The summed E-state index contributed by atoms with van der Waals surface area (Å²) in [6, 6.07) is 5.40. The third-order valence-electron chi connectivity index (χ3n) is 6.28. The van der Waals surface area contributed by atoms with Gasteiger partial charge in [0.1, 0.15) is 5.82 Å². The van der Waals surface area contributed by atoms with Crippen LogP contribution in [0.2, 0.25) is 0 Å². The molecule has 150 valence electrons. The SMILES string of the molecule is COCCN1CC[C@]2(CCC1=O)CN(Cc1ccc(F)c(C)c1)CCN2C. The van der Waals surface area contributed by atoms with Crippen molar-refractivity contribution in [1.29, 1.82) is 0 Å². The quantitative estimate of drug-likeness (QED) is 0.789. The van der Waals surface area contributed by atoms with Crippen LogP contribution in [-0.4, -0.2) is 79.6 Å². The van der Waals surface area contributed by atoms with E-state index in [1.165, 1.54) is 0 Å². The fourth-order valence-corrected chi connectivity index (χ4v) is 4.41. The number of rotatable bonds is 5. The highest BCUT2D eigenvalue weighted by molar-refractivity contribution is 5.76. The van der Waals surface area contributed by atoms with Crippen LogP contribution in [-0.2, 0) is 16.1 Å². The number of likely N-dealkylation sites (tertiary alicyclic amines) is 1. The number of likely N-dealkylation sites (N-methyl/N-ethyl adjacent to an activating group) is 1. The average molecular weight is 378 g/mol. The molecule has 0 aromatic heterocycles. The number of methoxy groups -OCH3 is 1. The van der Waals surface area contributed by atoms with Gasteiger partial charge in [0.25, 0.3) is 0 Å². The highest BCUT2D eigenvalue weighted by Crippen LogP contribution is 2.32. The van der Waals surface area contributed by atoms with E-state index in [-0.39, 0.29) is 17.3 Å². The van der Waals surface area contributed by atoms with Gasteiger partial charge in [-0.2, -0.15) is 0 Å². The molecule has 1 atom stereocenters. The van der Waals surface area contributed by atoms with Crippen molar-refractivity contribution in [3.8, 4) is 0 Å². The second kappa shape index (κ2) is 8.67.